The molecule has 0 N–H and O–H groups in total. The molecule has 0 atom stereocenters. The lowest BCUT2D eigenvalue weighted by molar-refractivity contribution is 0.436. The maximum atomic E-state index is 7.20. The zero-order chi connectivity index (χ0) is 65.9. The van der Waals surface area contributed by atoms with Gasteiger partial charge in [-0.15, -0.1) is 0 Å². The van der Waals surface area contributed by atoms with E-state index >= 15 is 0 Å². The van der Waals surface area contributed by atoms with Crippen LogP contribution < -0.4 is 9.47 Å². The first-order valence-electron chi connectivity index (χ1n) is 33.5. The van der Waals surface area contributed by atoms with E-state index in [0.717, 1.165) is 107 Å². The lowest BCUT2D eigenvalue weighted by Crippen LogP contribution is -2.32. The summed E-state index contributed by atoms with van der Waals surface area (Å²) in [6.45, 7) is 0. The van der Waals surface area contributed by atoms with Crippen LogP contribution in [0, 0.1) is 0 Å². The van der Waals surface area contributed by atoms with E-state index in [-0.39, 0.29) is 0 Å². The van der Waals surface area contributed by atoms with Crippen molar-refractivity contribution in [3.63, 3.8) is 0 Å². The average Bonchev–Trinajstić information content (AvgIpc) is 1.52. The highest BCUT2D eigenvalue weighted by Gasteiger charge is 2.53. The van der Waals surface area contributed by atoms with E-state index in [2.05, 4.69) is 194 Å². The van der Waals surface area contributed by atoms with Gasteiger partial charge in [0.15, 0.2) is 34.9 Å². The number of pyridine rings is 2. The van der Waals surface area contributed by atoms with Crippen LogP contribution in [-0.2, 0) is 10.8 Å². The molecule has 6 heterocycles. The van der Waals surface area contributed by atoms with Gasteiger partial charge in [-0.25, -0.2) is 34.9 Å². The van der Waals surface area contributed by atoms with Crippen LogP contribution in [0.1, 0.15) is 44.5 Å². The molecule has 4 aliphatic rings. The molecule has 4 aromatic heterocycles. The van der Waals surface area contributed by atoms with E-state index in [1.807, 2.05) is 134 Å². The van der Waals surface area contributed by atoms with Gasteiger partial charge in [0.1, 0.15) is 28.7 Å². The van der Waals surface area contributed by atoms with Gasteiger partial charge in [0, 0.05) is 67.4 Å². The largest absolute Gasteiger partial charge is 0.457 e. The SMILES string of the molecule is c1ccc(-c2nc(-c3ccc(-c4ccc5c(c4)Oc4ccccc4C54c5ccccc5-c5ccccc54)nc3)nc(-c3cccc(-c4ccc5c(c4)C4(c6ccc(-c7cccc(-c8nc(-c9ccccc9)nc(-c9ccccc9)n8)n7)cc6O5)c5ccccc5-c5ccccc54)c3)n2)cc1. The second-order valence-electron chi connectivity index (χ2n) is 25.6. The summed E-state index contributed by atoms with van der Waals surface area (Å²) in [6.07, 6.45) is 1.86. The molecule has 0 fully saturated rings. The number of ether oxygens (including phenoxy) is 2. The minimum atomic E-state index is -0.751. The summed E-state index contributed by atoms with van der Waals surface area (Å²) < 4.78 is 14.1. The van der Waals surface area contributed by atoms with Crippen LogP contribution in [0.15, 0.2) is 328 Å². The van der Waals surface area contributed by atoms with Gasteiger partial charge < -0.3 is 9.47 Å². The molecule has 466 valence electrons. The van der Waals surface area contributed by atoms with E-state index in [4.69, 9.17) is 49.3 Å². The Morgan fingerprint density at radius 3 is 1.09 bits per heavy atom. The fourth-order valence-electron chi connectivity index (χ4n) is 15.8. The van der Waals surface area contributed by atoms with Crippen LogP contribution >= 0.6 is 0 Å². The van der Waals surface area contributed by atoms with Gasteiger partial charge in [-0.2, -0.15) is 0 Å². The molecule has 2 aliphatic carbocycles. The van der Waals surface area contributed by atoms with Crippen molar-refractivity contribution in [1.29, 1.82) is 0 Å². The van der Waals surface area contributed by atoms with E-state index in [1.54, 1.807) is 0 Å². The Kier molecular flexibility index (Phi) is 12.8. The summed E-state index contributed by atoms with van der Waals surface area (Å²) in [5, 5.41) is 0. The average molecular weight is 1280 g/mol. The molecule has 0 amide bonds. The number of fused-ring (bicyclic) bond motifs is 18. The van der Waals surface area contributed by atoms with E-state index in [0.29, 0.717) is 40.6 Å². The second kappa shape index (κ2) is 22.6. The van der Waals surface area contributed by atoms with Crippen molar-refractivity contribution in [2.24, 2.45) is 0 Å². The molecular formula is C90H54N8O2. The molecule has 0 saturated carbocycles. The standard InChI is InChI=1S/C90H54N8O2/c1-4-22-55(23-5-1)83-94-86(96-87(95-83)63-44-48-76(91-54-63)60-42-46-73-81(52-60)99-79-41-19-18-38-72(79)89(73)68-34-14-10-30-64(68)65-31-11-15-35-69(65)89)62-29-20-28-58(50-62)59-45-49-80-75(51-59)90(70-36-16-12-32-66(70)67-33-13-17-37-71(67)90)74-47-43-61(53-82(74)100-80)77-39-21-40-78(92-77)88-97-84(56-24-6-2-7-25-56)93-85(98-88)57-26-8-3-9-27-57/h1-54H. The number of para-hydroxylation sites is 1. The Morgan fingerprint density at radius 2 is 0.560 bits per heavy atom. The number of hydrogen-bond acceptors (Lipinski definition) is 10. The highest BCUT2D eigenvalue weighted by atomic mass is 16.5. The highest BCUT2D eigenvalue weighted by Crippen LogP contribution is 2.64. The third-order valence-electron chi connectivity index (χ3n) is 20.2. The molecule has 12 aromatic carbocycles. The summed E-state index contributed by atoms with van der Waals surface area (Å²) in [5.41, 5.74) is 23.0. The normalized spacial score (nSPS) is 13.3. The minimum Gasteiger partial charge on any atom is -0.457 e. The number of rotatable bonds is 9. The third kappa shape index (κ3) is 8.83. The first-order valence-corrected chi connectivity index (χ1v) is 33.5. The van der Waals surface area contributed by atoms with E-state index < -0.39 is 10.8 Å². The van der Waals surface area contributed by atoms with Gasteiger partial charge >= 0.3 is 0 Å². The van der Waals surface area contributed by atoms with Crippen molar-refractivity contribution >= 4 is 0 Å². The summed E-state index contributed by atoms with van der Waals surface area (Å²) in [6, 6.07) is 112. The Labute approximate surface area is 576 Å². The molecule has 2 aliphatic heterocycles. The fourth-order valence-corrected chi connectivity index (χ4v) is 15.8. The maximum absolute atomic E-state index is 7.20. The third-order valence-corrected chi connectivity index (χ3v) is 20.2. The van der Waals surface area contributed by atoms with Gasteiger partial charge in [-0.05, 0) is 116 Å². The topological polar surface area (TPSA) is 122 Å². The zero-order valence-electron chi connectivity index (χ0n) is 53.6. The van der Waals surface area contributed by atoms with Crippen molar-refractivity contribution in [3.05, 3.63) is 372 Å². The highest BCUT2D eigenvalue weighted by molar-refractivity contribution is 5.92. The predicted octanol–water partition coefficient (Wildman–Crippen LogP) is 20.8. The molecule has 20 rings (SSSR count). The minimum absolute atomic E-state index is 0.480. The smallest absolute Gasteiger partial charge is 0.182 e. The molecular weight excluding hydrogens is 1230 g/mol. The van der Waals surface area contributed by atoms with Gasteiger partial charge in [0.2, 0.25) is 0 Å². The maximum Gasteiger partial charge on any atom is 0.182 e. The molecule has 16 aromatic rings. The van der Waals surface area contributed by atoms with Crippen molar-refractivity contribution in [3.8, 4) is 147 Å². The number of aromatic nitrogens is 8. The Bertz CT molecular complexity index is 5850. The van der Waals surface area contributed by atoms with Crippen molar-refractivity contribution < 1.29 is 9.47 Å². The molecule has 10 heteroatoms. The van der Waals surface area contributed by atoms with Gasteiger partial charge in [-0.3, -0.25) is 4.98 Å². The predicted molar refractivity (Wildman–Crippen MR) is 392 cm³/mol. The molecule has 0 radical (unpaired) electrons. The van der Waals surface area contributed by atoms with Crippen LogP contribution in [0.2, 0.25) is 0 Å². The quantitative estimate of drug-likeness (QED) is 0.138. The lowest BCUT2D eigenvalue weighted by Gasteiger charge is -2.39. The van der Waals surface area contributed by atoms with Crippen molar-refractivity contribution in [1.82, 2.24) is 39.9 Å². The molecule has 100 heavy (non-hydrogen) atoms. The molecule has 0 unspecified atom stereocenters. The van der Waals surface area contributed by atoms with Crippen molar-refractivity contribution in [2.75, 3.05) is 0 Å². The van der Waals surface area contributed by atoms with Gasteiger partial charge in [0.05, 0.1) is 22.2 Å². The molecule has 0 bridgehead atoms. The summed E-state index contributed by atoms with van der Waals surface area (Å²) in [4.78, 5) is 41.0. The fraction of sp³-hybridized carbons (Fsp3) is 0.0222. The second-order valence-corrected chi connectivity index (χ2v) is 25.6. The lowest BCUT2D eigenvalue weighted by atomic mass is 9.65. The first-order chi connectivity index (χ1) is 49.5. The van der Waals surface area contributed by atoms with E-state index in [9.17, 15) is 0 Å². The molecule has 10 nitrogen and oxygen atoms in total. The van der Waals surface area contributed by atoms with Crippen LogP contribution in [-0.4, -0.2) is 39.9 Å². The van der Waals surface area contributed by atoms with Crippen LogP contribution in [0.3, 0.4) is 0 Å². The Morgan fingerprint density at radius 1 is 0.190 bits per heavy atom. The van der Waals surface area contributed by atoms with Gasteiger partial charge in [-0.1, -0.05) is 261 Å². The van der Waals surface area contributed by atoms with Crippen LogP contribution in [0.4, 0.5) is 0 Å². The zero-order valence-corrected chi connectivity index (χ0v) is 53.6. The van der Waals surface area contributed by atoms with Crippen LogP contribution in [0.5, 0.6) is 23.0 Å². The summed E-state index contributed by atoms with van der Waals surface area (Å²) >= 11 is 0. The van der Waals surface area contributed by atoms with Crippen LogP contribution in [0.25, 0.3) is 124 Å². The first kappa shape index (κ1) is 56.9. The van der Waals surface area contributed by atoms with Crippen molar-refractivity contribution in [2.45, 2.75) is 10.8 Å². The molecule has 2 spiro atoms. The monoisotopic (exact) mass is 1280 g/mol. The van der Waals surface area contributed by atoms with E-state index in [1.165, 1.54) is 44.5 Å². The molecule has 0 saturated heterocycles. The number of benzene rings is 12. The Balaban J connectivity index is 0.657. The summed E-state index contributed by atoms with van der Waals surface area (Å²) in [5.74, 6) is 6.38. The van der Waals surface area contributed by atoms with Gasteiger partial charge in [0.25, 0.3) is 0 Å². The summed E-state index contributed by atoms with van der Waals surface area (Å²) in [7, 11) is 0. The Hall–Kier alpha value is -13.4. The number of nitrogens with zero attached hydrogens (tertiary/aromatic N) is 8. The number of hydrogen-bond donors (Lipinski definition) is 0.